The fourth-order valence-corrected chi connectivity index (χ4v) is 7.01. The molecule has 0 spiro atoms. The minimum absolute atomic E-state index is 0.0814. The van der Waals surface area contributed by atoms with E-state index in [0.29, 0.717) is 24.1 Å². The Kier molecular flexibility index (Phi) is 40.1. The number of phosphoric ester groups is 1. The first-order chi connectivity index (χ1) is 27.6. The second-order valence-corrected chi connectivity index (χ2v) is 18.2. The monoisotopic (exact) mass is 825 g/mol. The van der Waals surface area contributed by atoms with E-state index in [2.05, 4.69) is 62.5 Å². The van der Waals surface area contributed by atoms with Gasteiger partial charge in [0, 0.05) is 13.0 Å². The Morgan fingerprint density at radius 2 is 1.02 bits per heavy atom. The number of esters is 1. The van der Waals surface area contributed by atoms with Gasteiger partial charge in [0.2, 0.25) is 0 Å². The summed E-state index contributed by atoms with van der Waals surface area (Å²) < 4.78 is 35.0. The second-order valence-electron chi connectivity index (χ2n) is 16.8. The summed E-state index contributed by atoms with van der Waals surface area (Å²) in [6.07, 6.45) is 50.2. The second kappa shape index (κ2) is 41.2. The van der Waals surface area contributed by atoms with Gasteiger partial charge in [0.25, 0.3) is 0 Å². The summed E-state index contributed by atoms with van der Waals surface area (Å²) >= 11 is 0. The highest BCUT2D eigenvalue weighted by Gasteiger charge is 2.26. The summed E-state index contributed by atoms with van der Waals surface area (Å²) in [5.41, 5.74) is 0. The van der Waals surface area contributed by atoms with Gasteiger partial charge in [-0.3, -0.25) is 13.8 Å². The largest absolute Gasteiger partial charge is 0.472 e. The van der Waals surface area contributed by atoms with E-state index in [1.54, 1.807) is 0 Å². The third-order valence-corrected chi connectivity index (χ3v) is 10.9. The summed E-state index contributed by atoms with van der Waals surface area (Å²) in [6.45, 7) is 5.47. The number of quaternary nitrogens is 1. The molecule has 0 aliphatic heterocycles. The van der Waals surface area contributed by atoms with Crippen LogP contribution in [0.15, 0.2) is 48.6 Å². The van der Waals surface area contributed by atoms with Crippen LogP contribution < -0.4 is 0 Å². The minimum atomic E-state index is -4.28. The molecule has 0 heterocycles. The van der Waals surface area contributed by atoms with Gasteiger partial charge in [-0.15, -0.1) is 0 Å². The van der Waals surface area contributed by atoms with Crippen molar-refractivity contribution >= 4 is 13.8 Å². The molecule has 8 nitrogen and oxygen atoms in total. The summed E-state index contributed by atoms with van der Waals surface area (Å²) in [7, 11) is 1.64. The summed E-state index contributed by atoms with van der Waals surface area (Å²) in [6, 6.07) is 0. The molecule has 2 atom stereocenters. The first kappa shape index (κ1) is 55.5. The van der Waals surface area contributed by atoms with E-state index < -0.39 is 13.9 Å². The van der Waals surface area contributed by atoms with Gasteiger partial charge in [0.15, 0.2) is 0 Å². The highest BCUT2D eigenvalue weighted by molar-refractivity contribution is 7.47. The third kappa shape index (κ3) is 45.4. The molecule has 9 heteroatoms. The molecule has 2 unspecified atom stereocenters. The van der Waals surface area contributed by atoms with Crippen LogP contribution in [-0.4, -0.2) is 75.6 Å². The van der Waals surface area contributed by atoms with Crippen LogP contribution in [0.3, 0.4) is 0 Å². The number of carbonyl (C=O) groups is 1. The van der Waals surface area contributed by atoms with E-state index in [1.165, 1.54) is 116 Å². The molecule has 0 aromatic carbocycles. The molecule has 0 fully saturated rings. The zero-order valence-electron chi connectivity index (χ0n) is 37.8. The van der Waals surface area contributed by atoms with E-state index in [9.17, 15) is 14.3 Å². The number of allylic oxidation sites excluding steroid dienone is 8. The van der Waals surface area contributed by atoms with Crippen LogP contribution >= 0.6 is 7.82 Å². The standard InChI is InChI=1S/C48H90NO7P/c1-6-8-10-12-14-16-18-20-21-22-23-24-25-26-27-28-30-32-34-36-38-40-43-53-45-47(46-55-57(51,52)54-44-42-49(3,4)5)56-48(50)41-39-37-35-33-31-29-19-17-15-13-11-9-7-2/h9,11,15,17,22-23,29,31,47H,6-8,10,12-14,16,18-21,24-28,30,32-46H2,1-5H3/p+1/b11-9-,17-15-,23-22-,31-29-. The van der Waals surface area contributed by atoms with E-state index in [4.69, 9.17) is 18.5 Å². The van der Waals surface area contributed by atoms with Crippen molar-refractivity contribution in [2.24, 2.45) is 0 Å². The number of nitrogens with zero attached hydrogens (tertiary/aromatic N) is 1. The maximum absolute atomic E-state index is 12.7. The van der Waals surface area contributed by atoms with E-state index >= 15 is 0 Å². The van der Waals surface area contributed by atoms with Crippen LogP contribution in [0.5, 0.6) is 0 Å². The van der Waals surface area contributed by atoms with Crippen molar-refractivity contribution in [3.63, 3.8) is 0 Å². The van der Waals surface area contributed by atoms with Crippen LogP contribution in [0.25, 0.3) is 0 Å². The van der Waals surface area contributed by atoms with Crippen molar-refractivity contribution in [2.75, 3.05) is 54.1 Å². The number of phosphoric acid groups is 1. The number of ether oxygens (including phenoxy) is 2. The number of rotatable bonds is 43. The lowest BCUT2D eigenvalue weighted by atomic mass is 10.1. The van der Waals surface area contributed by atoms with Gasteiger partial charge in [-0.1, -0.05) is 165 Å². The lowest BCUT2D eigenvalue weighted by Crippen LogP contribution is -2.37. The van der Waals surface area contributed by atoms with Crippen molar-refractivity contribution in [1.29, 1.82) is 0 Å². The quantitative estimate of drug-likeness (QED) is 0.0215. The topological polar surface area (TPSA) is 91.3 Å². The van der Waals surface area contributed by atoms with Crippen molar-refractivity contribution in [3.05, 3.63) is 48.6 Å². The van der Waals surface area contributed by atoms with Crippen LogP contribution in [0.4, 0.5) is 0 Å². The lowest BCUT2D eigenvalue weighted by Gasteiger charge is -2.24. The molecule has 1 N–H and O–H groups in total. The summed E-state index contributed by atoms with van der Waals surface area (Å²) in [4.78, 5) is 22.9. The fourth-order valence-electron chi connectivity index (χ4n) is 6.27. The van der Waals surface area contributed by atoms with Crippen molar-refractivity contribution in [1.82, 2.24) is 0 Å². The number of carbonyl (C=O) groups excluding carboxylic acids is 1. The van der Waals surface area contributed by atoms with Gasteiger partial charge in [0.1, 0.15) is 19.3 Å². The summed E-state index contributed by atoms with van der Waals surface area (Å²) in [5, 5.41) is 0. The smallest absolute Gasteiger partial charge is 0.457 e. The SMILES string of the molecule is CC/C=C\C/C=C\C/C=C\CCCCCC(=O)OC(COCCCCCCCCCCCC/C=C\CCCCCCCCCC)COP(=O)(O)OCC[N+](C)(C)C. The van der Waals surface area contributed by atoms with Gasteiger partial charge in [-0.25, -0.2) is 4.57 Å². The maximum Gasteiger partial charge on any atom is 0.472 e. The molecular formula is C48H91NO7P+. The highest BCUT2D eigenvalue weighted by Crippen LogP contribution is 2.43. The first-order valence-electron chi connectivity index (χ1n) is 23.4. The van der Waals surface area contributed by atoms with E-state index in [1.807, 2.05) is 21.1 Å². The van der Waals surface area contributed by atoms with Crippen molar-refractivity contribution in [3.8, 4) is 0 Å². The van der Waals surface area contributed by atoms with Crippen LogP contribution in [0.1, 0.15) is 194 Å². The lowest BCUT2D eigenvalue weighted by molar-refractivity contribution is -0.870. The number of hydrogen-bond acceptors (Lipinski definition) is 6. The predicted molar refractivity (Wildman–Crippen MR) is 243 cm³/mol. The van der Waals surface area contributed by atoms with Gasteiger partial charge in [-0.2, -0.15) is 0 Å². The molecule has 334 valence electrons. The van der Waals surface area contributed by atoms with Crippen LogP contribution in [-0.2, 0) is 27.9 Å². The molecule has 0 bridgehead atoms. The minimum Gasteiger partial charge on any atom is -0.457 e. The Hall–Kier alpha value is -1.54. The highest BCUT2D eigenvalue weighted by atomic mass is 31.2. The number of unbranched alkanes of at least 4 members (excludes halogenated alkanes) is 21. The predicted octanol–water partition coefficient (Wildman–Crippen LogP) is 13.9. The zero-order chi connectivity index (χ0) is 42.0. The molecule has 0 radical (unpaired) electrons. The molecule has 0 aliphatic rings. The molecular weight excluding hydrogens is 734 g/mol. The molecule has 0 rings (SSSR count). The Bertz CT molecular complexity index is 1050. The Balaban J connectivity index is 4.16. The zero-order valence-corrected chi connectivity index (χ0v) is 38.7. The van der Waals surface area contributed by atoms with E-state index in [0.717, 1.165) is 57.8 Å². The average molecular weight is 825 g/mol. The van der Waals surface area contributed by atoms with Crippen molar-refractivity contribution in [2.45, 2.75) is 200 Å². The van der Waals surface area contributed by atoms with Gasteiger partial charge >= 0.3 is 13.8 Å². The molecule has 0 aromatic rings. The van der Waals surface area contributed by atoms with Gasteiger partial charge in [-0.05, 0) is 70.6 Å². The Morgan fingerprint density at radius 3 is 1.54 bits per heavy atom. The van der Waals surface area contributed by atoms with Crippen LogP contribution in [0.2, 0.25) is 0 Å². The molecule has 0 amide bonds. The average Bonchev–Trinajstić information content (AvgIpc) is 3.16. The molecule has 57 heavy (non-hydrogen) atoms. The third-order valence-electron chi connectivity index (χ3n) is 9.87. The molecule has 0 aromatic heterocycles. The maximum atomic E-state index is 12.7. The number of likely N-dealkylation sites (N-methyl/N-ethyl adjacent to an activating group) is 1. The molecule has 0 saturated heterocycles. The molecule has 0 saturated carbocycles. The van der Waals surface area contributed by atoms with Gasteiger partial charge in [0.05, 0.1) is 34.4 Å². The summed E-state index contributed by atoms with van der Waals surface area (Å²) in [5.74, 6) is -0.343. The fraction of sp³-hybridized carbons (Fsp3) is 0.812. The van der Waals surface area contributed by atoms with Crippen LogP contribution in [0, 0.1) is 0 Å². The normalized spacial score (nSPS) is 14.1. The Morgan fingerprint density at radius 1 is 0.561 bits per heavy atom. The Labute approximate surface area is 352 Å². The molecule has 0 aliphatic carbocycles. The van der Waals surface area contributed by atoms with Gasteiger partial charge < -0.3 is 18.9 Å². The van der Waals surface area contributed by atoms with E-state index in [-0.39, 0.29) is 25.8 Å². The first-order valence-corrected chi connectivity index (χ1v) is 24.9. The number of hydrogen-bond donors (Lipinski definition) is 1. The van der Waals surface area contributed by atoms with Crippen molar-refractivity contribution < 1.29 is 37.3 Å².